The Morgan fingerprint density at radius 2 is 1.60 bits per heavy atom. The molecule has 40 heavy (non-hydrogen) atoms. The summed E-state index contributed by atoms with van der Waals surface area (Å²) in [4.78, 5) is 28.5. The topological polar surface area (TPSA) is 86.8 Å². The van der Waals surface area contributed by atoms with Crippen molar-refractivity contribution in [1.29, 1.82) is 0 Å². The summed E-state index contributed by atoms with van der Waals surface area (Å²) in [5, 5.41) is 2.85. The number of anilines is 1. The third-order valence-electron chi connectivity index (χ3n) is 6.69. The summed E-state index contributed by atoms with van der Waals surface area (Å²) in [7, 11) is -4.09. The van der Waals surface area contributed by atoms with Crippen LogP contribution >= 0.6 is 15.9 Å². The van der Waals surface area contributed by atoms with Crippen LogP contribution in [0.1, 0.15) is 56.7 Å². The minimum atomic E-state index is -4.09. The molecule has 1 atom stereocenters. The zero-order valence-corrected chi connectivity index (χ0v) is 26.1. The maximum atomic E-state index is 14.0. The van der Waals surface area contributed by atoms with Crippen LogP contribution in [-0.4, -0.2) is 44.3 Å². The van der Waals surface area contributed by atoms with Crippen molar-refractivity contribution in [3.63, 3.8) is 0 Å². The summed E-state index contributed by atoms with van der Waals surface area (Å²) >= 11 is 3.46. The number of sulfonamides is 1. The van der Waals surface area contributed by atoms with E-state index < -0.39 is 28.5 Å². The van der Waals surface area contributed by atoms with Crippen molar-refractivity contribution in [3.05, 3.63) is 94.0 Å². The SMILES string of the molecule is CCCNC(=O)[C@H](C)N(Cc1cccc(Br)c1)C(=O)CN(c1ccc(C(C)C)cc1)S(=O)(=O)c1ccc(C)cc1. The number of carbonyl (C=O) groups is 2. The maximum absolute atomic E-state index is 14.0. The van der Waals surface area contributed by atoms with E-state index in [2.05, 4.69) is 35.1 Å². The normalized spacial score (nSPS) is 12.2. The third-order valence-corrected chi connectivity index (χ3v) is 8.98. The average Bonchev–Trinajstić information content (AvgIpc) is 2.93. The molecule has 3 aromatic rings. The molecule has 0 heterocycles. The molecule has 0 aromatic heterocycles. The van der Waals surface area contributed by atoms with E-state index in [1.165, 1.54) is 4.90 Å². The molecule has 0 aliphatic heterocycles. The molecule has 0 spiro atoms. The molecule has 1 N–H and O–H groups in total. The molecule has 3 rings (SSSR count). The summed E-state index contributed by atoms with van der Waals surface area (Å²) in [5.74, 6) is -0.511. The number of benzene rings is 3. The number of rotatable bonds is 12. The molecule has 0 saturated carbocycles. The molecule has 0 radical (unpaired) electrons. The maximum Gasteiger partial charge on any atom is 0.264 e. The Labute approximate surface area is 246 Å². The largest absolute Gasteiger partial charge is 0.354 e. The van der Waals surface area contributed by atoms with Gasteiger partial charge in [-0.1, -0.05) is 78.7 Å². The van der Waals surface area contributed by atoms with E-state index in [0.717, 1.165) is 31.9 Å². The van der Waals surface area contributed by atoms with Crippen molar-refractivity contribution in [2.24, 2.45) is 0 Å². The van der Waals surface area contributed by atoms with E-state index in [4.69, 9.17) is 0 Å². The van der Waals surface area contributed by atoms with Gasteiger partial charge in [0.15, 0.2) is 0 Å². The van der Waals surface area contributed by atoms with Crippen LogP contribution in [0.15, 0.2) is 82.2 Å². The lowest BCUT2D eigenvalue weighted by Crippen LogP contribution is -2.51. The van der Waals surface area contributed by atoms with Crippen molar-refractivity contribution in [2.45, 2.75) is 64.4 Å². The predicted octanol–water partition coefficient (Wildman–Crippen LogP) is 6.02. The second-order valence-electron chi connectivity index (χ2n) is 10.2. The van der Waals surface area contributed by atoms with Gasteiger partial charge in [-0.05, 0) is 73.7 Å². The molecule has 2 amide bonds. The van der Waals surface area contributed by atoms with E-state index >= 15 is 0 Å². The summed E-state index contributed by atoms with van der Waals surface area (Å²) in [6.07, 6.45) is 0.757. The van der Waals surface area contributed by atoms with Crippen LogP contribution in [0.2, 0.25) is 0 Å². The van der Waals surface area contributed by atoms with Gasteiger partial charge in [0.2, 0.25) is 11.8 Å². The average molecular weight is 629 g/mol. The van der Waals surface area contributed by atoms with Gasteiger partial charge < -0.3 is 10.2 Å². The second kappa shape index (κ2) is 13.9. The first-order chi connectivity index (χ1) is 18.9. The molecule has 0 saturated heterocycles. The highest BCUT2D eigenvalue weighted by atomic mass is 79.9. The highest BCUT2D eigenvalue weighted by Crippen LogP contribution is 2.27. The molecular weight excluding hydrogens is 590 g/mol. The van der Waals surface area contributed by atoms with E-state index in [1.807, 2.05) is 50.2 Å². The number of hydrogen-bond acceptors (Lipinski definition) is 4. The number of amides is 2. The molecular formula is C31H38BrN3O4S. The van der Waals surface area contributed by atoms with Gasteiger partial charge in [0.05, 0.1) is 10.6 Å². The lowest BCUT2D eigenvalue weighted by atomic mass is 10.0. The zero-order valence-electron chi connectivity index (χ0n) is 23.7. The molecule has 0 unspecified atom stereocenters. The van der Waals surface area contributed by atoms with Crippen molar-refractivity contribution >= 4 is 43.5 Å². The summed E-state index contributed by atoms with van der Waals surface area (Å²) < 4.78 is 29.9. The molecule has 0 bridgehead atoms. The number of carbonyl (C=O) groups excluding carboxylic acids is 2. The molecule has 214 valence electrons. The summed E-state index contributed by atoms with van der Waals surface area (Å²) in [6.45, 7) is 9.78. The van der Waals surface area contributed by atoms with Gasteiger partial charge in [-0.2, -0.15) is 0 Å². The van der Waals surface area contributed by atoms with Crippen LogP contribution in [0, 0.1) is 6.92 Å². The van der Waals surface area contributed by atoms with Crippen LogP contribution in [0.3, 0.4) is 0 Å². The van der Waals surface area contributed by atoms with E-state index in [1.54, 1.807) is 43.3 Å². The lowest BCUT2D eigenvalue weighted by molar-refractivity contribution is -0.139. The summed E-state index contributed by atoms with van der Waals surface area (Å²) in [5.41, 5.74) is 3.17. The van der Waals surface area contributed by atoms with E-state index in [9.17, 15) is 18.0 Å². The number of hydrogen-bond donors (Lipinski definition) is 1. The van der Waals surface area contributed by atoms with Crippen LogP contribution in [0.5, 0.6) is 0 Å². The Hall–Kier alpha value is -3.17. The standard InChI is InChI=1S/C31H38BrN3O4S/c1-6-18-33-31(37)24(5)34(20-25-8-7-9-27(32)19-25)30(36)21-35(28-14-12-26(13-15-28)22(2)3)40(38,39)29-16-10-23(4)11-17-29/h7-17,19,22,24H,6,18,20-21H2,1-5H3,(H,33,37)/t24-/m0/s1. The van der Waals surface area contributed by atoms with Crippen molar-refractivity contribution in [2.75, 3.05) is 17.4 Å². The molecule has 0 aliphatic carbocycles. The van der Waals surface area contributed by atoms with Crippen molar-refractivity contribution in [3.8, 4) is 0 Å². The fourth-order valence-corrected chi connectivity index (χ4v) is 6.06. The Bertz CT molecular complexity index is 1410. The zero-order chi connectivity index (χ0) is 29.4. The second-order valence-corrected chi connectivity index (χ2v) is 13.0. The fraction of sp³-hybridized carbons (Fsp3) is 0.355. The van der Waals surface area contributed by atoms with Crippen molar-refractivity contribution < 1.29 is 18.0 Å². The first-order valence-corrected chi connectivity index (χ1v) is 15.7. The van der Waals surface area contributed by atoms with Crippen LogP contribution < -0.4 is 9.62 Å². The van der Waals surface area contributed by atoms with E-state index in [0.29, 0.717) is 12.2 Å². The Morgan fingerprint density at radius 1 is 0.950 bits per heavy atom. The summed E-state index contributed by atoms with van der Waals surface area (Å²) in [6, 6.07) is 20.4. The minimum Gasteiger partial charge on any atom is -0.354 e. The monoisotopic (exact) mass is 627 g/mol. The van der Waals surface area contributed by atoms with E-state index in [-0.39, 0.29) is 23.3 Å². The molecule has 9 heteroatoms. The Kier molecular flexibility index (Phi) is 10.9. The number of nitrogens with zero attached hydrogens (tertiary/aromatic N) is 2. The van der Waals surface area contributed by atoms with Crippen LogP contribution in [0.25, 0.3) is 0 Å². The predicted molar refractivity (Wildman–Crippen MR) is 164 cm³/mol. The Balaban J connectivity index is 2.03. The third kappa shape index (κ3) is 7.95. The van der Waals surface area contributed by atoms with Gasteiger partial charge in [0.25, 0.3) is 10.0 Å². The number of aryl methyl sites for hydroxylation is 1. The van der Waals surface area contributed by atoms with Gasteiger partial charge in [-0.3, -0.25) is 13.9 Å². The first-order valence-electron chi connectivity index (χ1n) is 13.4. The molecule has 7 nitrogen and oxygen atoms in total. The number of halogens is 1. The Morgan fingerprint density at radius 3 is 2.17 bits per heavy atom. The molecule has 0 fully saturated rings. The van der Waals surface area contributed by atoms with Gasteiger partial charge in [-0.25, -0.2) is 8.42 Å². The van der Waals surface area contributed by atoms with Gasteiger partial charge >= 0.3 is 0 Å². The highest BCUT2D eigenvalue weighted by molar-refractivity contribution is 9.10. The molecule has 0 aliphatic rings. The van der Waals surface area contributed by atoms with Crippen LogP contribution in [-0.2, 0) is 26.2 Å². The number of nitrogens with one attached hydrogen (secondary N) is 1. The molecule has 3 aromatic carbocycles. The van der Waals surface area contributed by atoms with Crippen LogP contribution in [0.4, 0.5) is 5.69 Å². The lowest BCUT2D eigenvalue weighted by Gasteiger charge is -2.32. The van der Waals surface area contributed by atoms with Crippen molar-refractivity contribution in [1.82, 2.24) is 10.2 Å². The van der Waals surface area contributed by atoms with Gasteiger partial charge in [-0.15, -0.1) is 0 Å². The first kappa shape index (κ1) is 31.4. The minimum absolute atomic E-state index is 0.0890. The van der Waals surface area contributed by atoms with Gasteiger partial charge in [0, 0.05) is 17.6 Å². The fourth-order valence-electron chi connectivity index (χ4n) is 4.20. The highest BCUT2D eigenvalue weighted by Gasteiger charge is 2.32. The smallest absolute Gasteiger partial charge is 0.264 e. The quantitative estimate of drug-likeness (QED) is 0.266. The van der Waals surface area contributed by atoms with Gasteiger partial charge in [0.1, 0.15) is 12.6 Å².